The van der Waals surface area contributed by atoms with E-state index in [2.05, 4.69) is 17.3 Å². The van der Waals surface area contributed by atoms with Crippen molar-refractivity contribution in [2.24, 2.45) is 7.05 Å². The van der Waals surface area contributed by atoms with Crippen molar-refractivity contribution in [1.82, 2.24) is 15.1 Å². The average molecular weight is 336 g/mol. The van der Waals surface area contributed by atoms with Crippen LogP contribution in [0.3, 0.4) is 0 Å². The monoisotopic (exact) mass is 335 g/mol. The topological polar surface area (TPSA) is 67.2 Å². The summed E-state index contributed by atoms with van der Waals surface area (Å²) in [6.07, 6.45) is 1.09. The molecule has 0 fully saturated rings. The molecule has 124 valence electrons. The Kier molecular flexibility index (Phi) is 5.80. The van der Waals surface area contributed by atoms with Gasteiger partial charge in [0.15, 0.2) is 0 Å². The predicted octanol–water partition coefficient (Wildman–Crippen LogP) is 2.34. The third-order valence-corrected chi connectivity index (χ3v) is 4.39. The number of hydrogen-bond donors (Lipinski definition) is 2. The van der Waals surface area contributed by atoms with Gasteiger partial charge in [-0.15, -0.1) is 0 Å². The molecule has 0 spiro atoms. The van der Waals surface area contributed by atoms with Crippen LogP contribution in [-0.4, -0.2) is 27.4 Å². The van der Waals surface area contributed by atoms with Crippen LogP contribution in [-0.2, 0) is 24.7 Å². The number of nitrogens with zero attached hydrogens (tertiary/aromatic N) is 2. The molecule has 0 bridgehead atoms. The lowest BCUT2D eigenvalue weighted by Gasteiger charge is -2.17. The Morgan fingerprint density at radius 2 is 2.04 bits per heavy atom. The van der Waals surface area contributed by atoms with Crippen LogP contribution >= 0.6 is 11.6 Å². The van der Waals surface area contributed by atoms with Crippen LogP contribution in [0.5, 0.6) is 0 Å². The number of halogens is 1. The molecule has 0 radical (unpaired) electrons. The standard InChI is InChI=1S/C17H22ClN3O2/c1-4-12-5-7-13(8-6-12)15(10-22)19-16(23)9-14-11(2)20-21(3)17(14)18/h5-8,15,22H,4,9-10H2,1-3H3,(H,19,23). The van der Waals surface area contributed by atoms with Gasteiger partial charge < -0.3 is 10.4 Å². The Balaban J connectivity index is 2.07. The molecule has 1 unspecified atom stereocenters. The number of aromatic nitrogens is 2. The van der Waals surface area contributed by atoms with Crippen molar-refractivity contribution in [2.75, 3.05) is 6.61 Å². The Morgan fingerprint density at radius 3 is 2.52 bits per heavy atom. The summed E-state index contributed by atoms with van der Waals surface area (Å²) in [5.41, 5.74) is 3.55. The van der Waals surface area contributed by atoms with Crippen LogP contribution < -0.4 is 5.32 Å². The molecule has 1 aromatic heterocycles. The lowest BCUT2D eigenvalue weighted by atomic mass is 10.0. The number of carbonyl (C=O) groups is 1. The van der Waals surface area contributed by atoms with E-state index in [9.17, 15) is 9.90 Å². The molecule has 2 rings (SSSR count). The molecule has 0 aliphatic heterocycles. The first-order valence-electron chi connectivity index (χ1n) is 7.63. The van der Waals surface area contributed by atoms with E-state index >= 15 is 0 Å². The molecule has 23 heavy (non-hydrogen) atoms. The molecule has 0 aliphatic carbocycles. The fourth-order valence-electron chi connectivity index (χ4n) is 2.50. The second-order valence-electron chi connectivity index (χ2n) is 5.55. The summed E-state index contributed by atoms with van der Waals surface area (Å²) in [6.45, 7) is 3.75. The molecule has 6 heteroatoms. The lowest BCUT2D eigenvalue weighted by Crippen LogP contribution is -2.32. The van der Waals surface area contributed by atoms with Crippen molar-refractivity contribution in [3.05, 3.63) is 51.8 Å². The number of aryl methyl sites for hydroxylation is 3. The SMILES string of the molecule is CCc1ccc(C(CO)NC(=O)Cc2c(C)nn(C)c2Cl)cc1. The number of aliphatic hydroxyl groups excluding tert-OH is 1. The highest BCUT2D eigenvalue weighted by Crippen LogP contribution is 2.20. The van der Waals surface area contributed by atoms with Gasteiger partial charge in [0.05, 0.1) is 24.8 Å². The van der Waals surface area contributed by atoms with Crippen molar-refractivity contribution in [3.63, 3.8) is 0 Å². The summed E-state index contributed by atoms with van der Waals surface area (Å²) in [6, 6.07) is 7.45. The van der Waals surface area contributed by atoms with Crippen LogP contribution in [0.2, 0.25) is 5.15 Å². The molecule has 2 N–H and O–H groups in total. The van der Waals surface area contributed by atoms with Crippen molar-refractivity contribution in [3.8, 4) is 0 Å². The van der Waals surface area contributed by atoms with Crippen LogP contribution in [0.1, 0.15) is 35.3 Å². The zero-order chi connectivity index (χ0) is 17.0. The van der Waals surface area contributed by atoms with Crippen molar-refractivity contribution in [2.45, 2.75) is 32.7 Å². The highest BCUT2D eigenvalue weighted by Gasteiger charge is 2.18. The number of carbonyl (C=O) groups excluding carboxylic acids is 1. The van der Waals surface area contributed by atoms with Crippen LogP contribution in [0.4, 0.5) is 0 Å². The number of aliphatic hydroxyl groups is 1. The third kappa shape index (κ3) is 4.12. The molecule has 5 nitrogen and oxygen atoms in total. The first-order chi connectivity index (χ1) is 11.0. The van der Waals surface area contributed by atoms with Gasteiger partial charge in [0.25, 0.3) is 0 Å². The Labute approximate surface area is 141 Å². The Hall–Kier alpha value is -1.85. The zero-order valence-corrected chi connectivity index (χ0v) is 14.4. The summed E-state index contributed by atoms with van der Waals surface area (Å²) >= 11 is 6.15. The second-order valence-corrected chi connectivity index (χ2v) is 5.91. The molecule has 0 aliphatic rings. The number of rotatable bonds is 6. The minimum atomic E-state index is -0.427. The molecule has 1 aromatic carbocycles. The summed E-state index contributed by atoms with van der Waals surface area (Å²) in [5, 5.41) is 17.1. The van der Waals surface area contributed by atoms with Crippen LogP contribution in [0.15, 0.2) is 24.3 Å². The van der Waals surface area contributed by atoms with Gasteiger partial charge in [0.1, 0.15) is 5.15 Å². The zero-order valence-electron chi connectivity index (χ0n) is 13.6. The smallest absolute Gasteiger partial charge is 0.225 e. The summed E-state index contributed by atoms with van der Waals surface area (Å²) < 4.78 is 1.55. The number of hydrogen-bond acceptors (Lipinski definition) is 3. The summed E-state index contributed by atoms with van der Waals surface area (Å²) in [7, 11) is 1.74. The van der Waals surface area contributed by atoms with E-state index < -0.39 is 6.04 Å². The number of nitrogens with one attached hydrogen (secondary N) is 1. The Morgan fingerprint density at radius 1 is 1.39 bits per heavy atom. The molecular formula is C17H22ClN3O2. The van der Waals surface area contributed by atoms with E-state index in [1.54, 1.807) is 11.7 Å². The molecule has 0 saturated heterocycles. The van der Waals surface area contributed by atoms with E-state index in [0.29, 0.717) is 10.7 Å². The van der Waals surface area contributed by atoms with Crippen molar-refractivity contribution < 1.29 is 9.90 Å². The highest BCUT2D eigenvalue weighted by atomic mass is 35.5. The minimum Gasteiger partial charge on any atom is -0.394 e. The van der Waals surface area contributed by atoms with Gasteiger partial charge >= 0.3 is 0 Å². The molecule has 1 amide bonds. The largest absolute Gasteiger partial charge is 0.394 e. The molecule has 1 heterocycles. The predicted molar refractivity (Wildman–Crippen MR) is 90.4 cm³/mol. The van der Waals surface area contributed by atoms with Gasteiger partial charge in [-0.1, -0.05) is 42.8 Å². The lowest BCUT2D eigenvalue weighted by molar-refractivity contribution is -0.121. The molecular weight excluding hydrogens is 314 g/mol. The van der Waals surface area contributed by atoms with Gasteiger partial charge in [-0.25, -0.2) is 0 Å². The minimum absolute atomic E-state index is 0.141. The normalized spacial score (nSPS) is 12.2. The summed E-state index contributed by atoms with van der Waals surface area (Å²) in [5.74, 6) is -0.193. The van der Waals surface area contributed by atoms with Crippen molar-refractivity contribution in [1.29, 1.82) is 0 Å². The quantitative estimate of drug-likeness (QED) is 0.851. The number of benzene rings is 1. The first-order valence-corrected chi connectivity index (χ1v) is 8.01. The van der Waals surface area contributed by atoms with Gasteiger partial charge in [-0.3, -0.25) is 9.48 Å². The molecule has 1 atom stereocenters. The fourth-order valence-corrected chi connectivity index (χ4v) is 2.74. The van der Waals surface area contributed by atoms with Crippen molar-refractivity contribution >= 4 is 17.5 Å². The van der Waals surface area contributed by atoms with Gasteiger partial charge in [0, 0.05) is 12.6 Å². The van der Waals surface area contributed by atoms with E-state index in [0.717, 1.165) is 17.7 Å². The third-order valence-electron chi connectivity index (χ3n) is 3.92. The highest BCUT2D eigenvalue weighted by molar-refractivity contribution is 6.30. The Bertz CT molecular complexity index is 680. The molecule has 2 aromatic rings. The van der Waals surface area contributed by atoms with E-state index in [1.807, 2.05) is 31.2 Å². The summed E-state index contributed by atoms with van der Waals surface area (Å²) in [4.78, 5) is 12.3. The van der Waals surface area contributed by atoms with Gasteiger partial charge in [0.2, 0.25) is 5.91 Å². The average Bonchev–Trinajstić information content (AvgIpc) is 2.79. The number of amides is 1. The maximum absolute atomic E-state index is 12.3. The van der Waals surface area contributed by atoms with E-state index in [1.165, 1.54) is 5.56 Å². The van der Waals surface area contributed by atoms with Crippen LogP contribution in [0, 0.1) is 6.92 Å². The van der Waals surface area contributed by atoms with E-state index in [4.69, 9.17) is 11.6 Å². The first kappa shape index (κ1) is 17.5. The van der Waals surface area contributed by atoms with E-state index in [-0.39, 0.29) is 18.9 Å². The van der Waals surface area contributed by atoms with Gasteiger partial charge in [-0.05, 0) is 24.5 Å². The fraction of sp³-hybridized carbons (Fsp3) is 0.412. The second kappa shape index (κ2) is 7.62. The van der Waals surface area contributed by atoms with Crippen LogP contribution in [0.25, 0.3) is 0 Å². The maximum Gasteiger partial charge on any atom is 0.225 e. The maximum atomic E-state index is 12.3. The molecule has 0 saturated carbocycles. The van der Waals surface area contributed by atoms with Gasteiger partial charge in [-0.2, -0.15) is 5.10 Å².